The Balaban J connectivity index is 2.60. The van der Waals surface area contributed by atoms with Crippen LogP contribution < -0.4 is 4.72 Å². The van der Waals surface area contributed by atoms with E-state index in [4.69, 9.17) is 0 Å². The molecule has 0 saturated heterocycles. The molecule has 0 heterocycles. The highest BCUT2D eigenvalue weighted by atomic mass is 32.2. The maximum absolute atomic E-state index is 11.4. The van der Waals surface area contributed by atoms with Gasteiger partial charge in [-0.15, -0.1) is 0 Å². The smallest absolute Gasteiger partial charge is 0.232 e. The molecule has 0 fully saturated rings. The normalized spacial score (nSPS) is 11.2. The Kier molecular flexibility index (Phi) is 3.95. The highest BCUT2D eigenvalue weighted by Gasteiger charge is 2.08. The van der Waals surface area contributed by atoms with E-state index in [0.29, 0.717) is 12.1 Å². The average Bonchev–Trinajstić information content (AvgIpc) is 2.16. The van der Waals surface area contributed by atoms with Crippen molar-refractivity contribution in [2.75, 3.05) is 10.5 Å². The van der Waals surface area contributed by atoms with Crippen molar-refractivity contribution in [2.24, 2.45) is 0 Å². The summed E-state index contributed by atoms with van der Waals surface area (Å²) >= 11 is 0. The van der Waals surface area contributed by atoms with Gasteiger partial charge in [0.2, 0.25) is 10.0 Å². The third kappa shape index (κ3) is 3.79. The van der Waals surface area contributed by atoms with Gasteiger partial charge in [-0.05, 0) is 24.6 Å². The van der Waals surface area contributed by atoms with E-state index in [1.165, 1.54) is 0 Å². The Morgan fingerprint density at radius 3 is 2.86 bits per heavy atom. The van der Waals surface area contributed by atoms with Gasteiger partial charge in [0.25, 0.3) is 0 Å². The second-order valence-corrected chi connectivity index (χ2v) is 4.91. The fourth-order valence-electron chi connectivity index (χ4n) is 1.02. The molecular weight excluding hydrogens is 198 g/mol. The van der Waals surface area contributed by atoms with Crippen LogP contribution in [0.25, 0.3) is 0 Å². The van der Waals surface area contributed by atoms with Crippen molar-refractivity contribution in [3.05, 3.63) is 30.3 Å². The lowest BCUT2D eigenvalue weighted by Crippen LogP contribution is -2.16. The first-order valence-electron chi connectivity index (χ1n) is 4.60. The fourth-order valence-corrected chi connectivity index (χ4v) is 2.28. The van der Waals surface area contributed by atoms with Crippen LogP contribution in [0.3, 0.4) is 0 Å². The van der Waals surface area contributed by atoms with Crippen molar-refractivity contribution in [1.82, 2.24) is 0 Å². The van der Waals surface area contributed by atoms with E-state index in [0.717, 1.165) is 6.42 Å². The van der Waals surface area contributed by atoms with Crippen LogP contribution in [0.2, 0.25) is 0 Å². The molecule has 77 valence electrons. The average molecular weight is 212 g/mol. The molecule has 0 amide bonds. The molecule has 1 aromatic carbocycles. The molecule has 4 heteroatoms. The molecule has 0 aromatic heterocycles. The molecule has 0 aliphatic heterocycles. The molecule has 0 saturated carbocycles. The minimum absolute atomic E-state index is 0.179. The van der Waals surface area contributed by atoms with E-state index in [1.807, 2.05) is 6.92 Å². The van der Waals surface area contributed by atoms with Gasteiger partial charge in [-0.25, -0.2) is 8.42 Å². The molecule has 1 rings (SSSR count). The number of nitrogens with one attached hydrogen (secondary N) is 1. The largest absolute Gasteiger partial charge is 0.284 e. The number of anilines is 1. The maximum Gasteiger partial charge on any atom is 0.232 e. The summed E-state index contributed by atoms with van der Waals surface area (Å²) in [6.45, 7) is 1.96. The Morgan fingerprint density at radius 2 is 2.29 bits per heavy atom. The van der Waals surface area contributed by atoms with E-state index in [9.17, 15) is 8.42 Å². The summed E-state index contributed by atoms with van der Waals surface area (Å²) in [6.07, 6.45) is 1.56. The van der Waals surface area contributed by atoms with Crippen LogP contribution in [0.15, 0.2) is 24.3 Å². The first kappa shape index (κ1) is 11.0. The lowest BCUT2D eigenvalue weighted by Gasteiger charge is -2.06. The van der Waals surface area contributed by atoms with Gasteiger partial charge in [-0.1, -0.05) is 25.5 Å². The summed E-state index contributed by atoms with van der Waals surface area (Å²) < 4.78 is 25.4. The molecule has 0 unspecified atom stereocenters. The molecule has 0 aliphatic rings. The Bertz CT molecular complexity index is 359. The van der Waals surface area contributed by atoms with Crippen LogP contribution in [0.4, 0.5) is 5.69 Å². The fraction of sp³-hybridized carbons (Fsp3) is 0.400. The van der Waals surface area contributed by atoms with Crippen LogP contribution in [0.5, 0.6) is 0 Å². The van der Waals surface area contributed by atoms with Gasteiger partial charge in [0.1, 0.15) is 0 Å². The molecule has 14 heavy (non-hydrogen) atoms. The van der Waals surface area contributed by atoms with E-state index < -0.39 is 10.0 Å². The third-order valence-corrected chi connectivity index (χ3v) is 3.12. The number of rotatable bonds is 5. The summed E-state index contributed by atoms with van der Waals surface area (Å²) in [5.74, 6) is 0.179. The van der Waals surface area contributed by atoms with Crippen LogP contribution in [0.1, 0.15) is 19.8 Å². The topological polar surface area (TPSA) is 46.2 Å². The lowest BCUT2D eigenvalue weighted by atomic mass is 10.3. The molecule has 0 spiro atoms. The number of benzene rings is 1. The van der Waals surface area contributed by atoms with E-state index in [-0.39, 0.29) is 5.75 Å². The summed E-state index contributed by atoms with van der Waals surface area (Å²) in [5.41, 5.74) is 0.573. The summed E-state index contributed by atoms with van der Waals surface area (Å²) in [5, 5.41) is 0. The Hall–Kier alpha value is -1.03. The predicted octanol–water partition coefficient (Wildman–Crippen LogP) is 2.03. The van der Waals surface area contributed by atoms with Crippen LogP contribution >= 0.6 is 0 Å². The molecule has 3 nitrogen and oxygen atoms in total. The van der Waals surface area contributed by atoms with Gasteiger partial charge in [-0.2, -0.15) is 0 Å². The zero-order valence-electron chi connectivity index (χ0n) is 8.16. The standard InChI is InChI=1S/C10H14NO2S/c1-2-3-9-14(12,13)11-10-7-5-4-6-8-10/h4-5,7-8,11H,2-3,9H2,1H3. The van der Waals surface area contributed by atoms with Crippen molar-refractivity contribution in [1.29, 1.82) is 0 Å². The molecular formula is C10H14NO2S. The van der Waals surface area contributed by atoms with Gasteiger partial charge in [0, 0.05) is 5.69 Å². The minimum Gasteiger partial charge on any atom is -0.284 e. The predicted molar refractivity (Wildman–Crippen MR) is 57.6 cm³/mol. The minimum atomic E-state index is -3.17. The zero-order valence-corrected chi connectivity index (χ0v) is 8.97. The first-order chi connectivity index (χ1) is 6.64. The maximum atomic E-state index is 11.4. The molecule has 1 N–H and O–H groups in total. The van der Waals surface area contributed by atoms with Crippen molar-refractivity contribution in [3.63, 3.8) is 0 Å². The quantitative estimate of drug-likeness (QED) is 0.811. The Labute approximate surface area is 85.2 Å². The number of hydrogen-bond donors (Lipinski definition) is 1. The Morgan fingerprint density at radius 1 is 1.50 bits per heavy atom. The lowest BCUT2D eigenvalue weighted by molar-refractivity contribution is 0.598. The molecule has 1 aromatic rings. The monoisotopic (exact) mass is 212 g/mol. The second kappa shape index (κ2) is 5.00. The van der Waals surface area contributed by atoms with Crippen LogP contribution in [-0.2, 0) is 10.0 Å². The third-order valence-electron chi connectivity index (χ3n) is 1.75. The van der Waals surface area contributed by atoms with Gasteiger partial charge in [0.05, 0.1) is 5.75 Å². The van der Waals surface area contributed by atoms with Crippen molar-refractivity contribution >= 4 is 15.7 Å². The van der Waals surface area contributed by atoms with Gasteiger partial charge >= 0.3 is 0 Å². The SMILES string of the molecule is CCCCS(=O)(=O)Nc1c[c]ccc1. The number of unbranched alkanes of at least 4 members (excludes halogenated alkanes) is 1. The van der Waals surface area contributed by atoms with Gasteiger partial charge in [-0.3, -0.25) is 4.72 Å². The summed E-state index contributed by atoms with van der Waals surface area (Å²) in [6, 6.07) is 9.61. The van der Waals surface area contributed by atoms with E-state index >= 15 is 0 Å². The second-order valence-electron chi connectivity index (χ2n) is 3.07. The highest BCUT2D eigenvalue weighted by molar-refractivity contribution is 7.92. The molecule has 0 atom stereocenters. The van der Waals surface area contributed by atoms with Crippen molar-refractivity contribution < 1.29 is 8.42 Å². The first-order valence-corrected chi connectivity index (χ1v) is 6.26. The van der Waals surface area contributed by atoms with E-state index in [1.54, 1.807) is 24.3 Å². The zero-order chi connectivity index (χ0) is 10.4. The molecule has 0 aliphatic carbocycles. The number of sulfonamides is 1. The van der Waals surface area contributed by atoms with Gasteiger partial charge in [0.15, 0.2) is 0 Å². The summed E-state index contributed by atoms with van der Waals surface area (Å²) in [7, 11) is -3.17. The van der Waals surface area contributed by atoms with Gasteiger partial charge < -0.3 is 0 Å². The number of hydrogen-bond acceptors (Lipinski definition) is 2. The molecule has 1 radical (unpaired) electrons. The highest BCUT2D eigenvalue weighted by Crippen LogP contribution is 2.08. The summed E-state index contributed by atoms with van der Waals surface area (Å²) in [4.78, 5) is 0. The van der Waals surface area contributed by atoms with Crippen LogP contribution in [0, 0.1) is 6.07 Å². The molecule has 0 bridgehead atoms. The van der Waals surface area contributed by atoms with Crippen molar-refractivity contribution in [3.8, 4) is 0 Å². The van der Waals surface area contributed by atoms with Crippen molar-refractivity contribution in [2.45, 2.75) is 19.8 Å². The van der Waals surface area contributed by atoms with Crippen LogP contribution in [-0.4, -0.2) is 14.2 Å². The van der Waals surface area contributed by atoms with E-state index in [2.05, 4.69) is 10.8 Å².